The highest BCUT2D eigenvalue weighted by Crippen LogP contribution is 2.35. The third kappa shape index (κ3) is 2.66. The van der Waals surface area contributed by atoms with Crippen molar-refractivity contribution in [3.8, 4) is 0 Å². The molecule has 6 heteroatoms. The van der Waals surface area contributed by atoms with Crippen molar-refractivity contribution >= 4 is 17.3 Å². The van der Waals surface area contributed by atoms with Gasteiger partial charge in [-0.25, -0.2) is 0 Å². The fraction of sp³-hybridized carbons (Fsp3) is 0.455. The van der Waals surface area contributed by atoms with Gasteiger partial charge in [0.1, 0.15) is 0 Å². The third-order valence-electron chi connectivity index (χ3n) is 2.84. The van der Waals surface area contributed by atoms with E-state index < -0.39 is 11.7 Å². The van der Waals surface area contributed by atoms with E-state index in [1.807, 2.05) is 4.90 Å². The molecule has 1 aromatic carbocycles. The molecule has 1 aliphatic heterocycles. The first-order chi connectivity index (χ1) is 7.88. The van der Waals surface area contributed by atoms with Crippen LogP contribution < -0.4 is 10.6 Å². The lowest BCUT2D eigenvalue weighted by Gasteiger charge is -2.20. The van der Waals surface area contributed by atoms with Gasteiger partial charge in [-0.05, 0) is 24.6 Å². The first-order valence-electron chi connectivity index (χ1n) is 5.25. The number of nitrogens with zero attached hydrogens (tertiary/aromatic N) is 1. The van der Waals surface area contributed by atoms with Crippen LogP contribution in [0.1, 0.15) is 12.0 Å². The van der Waals surface area contributed by atoms with E-state index in [4.69, 9.17) is 17.3 Å². The lowest BCUT2D eigenvalue weighted by molar-refractivity contribution is -0.137. The van der Waals surface area contributed by atoms with Crippen molar-refractivity contribution < 1.29 is 13.2 Å². The molecule has 1 aromatic rings. The number of hydrogen-bond donors (Lipinski definition) is 1. The van der Waals surface area contributed by atoms with E-state index in [0.717, 1.165) is 25.1 Å². The summed E-state index contributed by atoms with van der Waals surface area (Å²) in [6.07, 6.45) is -3.53. The lowest BCUT2D eigenvalue weighted by atomic mass is 10.2. The Bertz CT molecular complexity index is 420. The van der Waals surface area contributed by atoms with Crippen LogP contribution in [0, 0.1) is 0 Å². The zero-order valence-corrected chi connectivity index (χ0v) is 9.72. The van der Waals surface area contributed by atoms with Crippen LogP contribution in [-0.2, 0) is 6.18 Å². The summed E-state index contributed by atoms with van der Waals surface area (Å²) in [6, 6.07) is 3.47. The number of alkyl halides is 3. The Balaban J connectivity index is 2.26. The summed E-state index contributed by atoms with van der Waals surface area (Å²) in [6.45, 7) is 1.36. The van der Waals surface area contributed by atoms with Gasteiger partial charge >= 0.3 is 6.18 Å². The Labute approximate surface area is 102 Å². The Hall–Kier alpha value is -0.940. The second-order valence-corrected chi connectivity index (χ2v) is 4.57. The van der Waals surface area contributed by atoms with Gasteiger partial charge in [0, 0.05) is 19.1 Å². The number of nitrogens with two attached hydrogens (primary N) is 1. The maximum absolute atomic E-state index is 12.4. The Morgan fingerprint density at radius 1 is 1.35 bits per heavy atom. The van der Waals surface area contributed by atoms with E-state index in [-0.39, 0.29) is 11.1 Å². The second kappa shape index (κ2) is 4.38. The van der Waals surface area contributed by atoms with Gasteiger partial charge < -0.3 is 10.6 Å². The molecule has 2 N–H and O–H groups in total. The molecule has 17 heavy (non-hydrogen) atoms. The maximum Gasteiger partial charge on any atom is 0.416 e. The molecule has 1 saturated heterocycles. The standard InChI is InChI=1S/C11H12ClF3N2/c12-9-5-7(11(13,14)15)1-2-10(9)17-4-3-8(16)6-17/h1-2,5,8H,3-4,6,16H2. The van der Waals surface area contributed by atoms with Gasteiger partial charge in [0.15, 0.2) is 0 Å². The highest BCUT2D eigenvalue weighted by Gasteiger charge is 2.31. The summed E-state index contributed by atoms with van der Waals surface area (Å²) in [5.74, 6) is 0. The average Bonchev–Trinajstić information content (AvgIpc) is 2.63. The summed E-state index contributed by atoms with van der Waals surface area (Å²) in [4.78, 5) is 1.91. The molecule has 1 aliphatic rings. The molecule has 0 radical (unpaired) electrons. The van der Waals surface area contributed by atoms with Gasteiger partial charge in [-0.3, -0.25) is 0 Å². The Kier molecular flexibility index (Phi) is 3.23. The minimum Gasteiger partial charge on any atom is -0.369 e. The highest BCUT2D eigenvalue weighted by molar-refractivity contribution is 6.33. The van der Waals surface area contributed by atoms with E-state index in [1.54, 1.807) is 0 Å². The van der Waals surface area contributed by atoms with Crippen LogP contribution in [0.3, 0.4) is 0 Å². The molecule has 94 valence electrons. The molecular formula is C11H12ClF3N2. The molecule has 1 atom stereocenters. The SMILES string of the molecule is NC1CCN(c2ccc(C(F)(F)F)cc2Cl)C1. The molecule has 1 heterocycles. The van der Waals surface area contributed by atoms with Crippen molar-refractivity contribution in [2.75, 3.05) is 18.0 Å². The topological polar surface area (TPSA) is 29.3 Å². The summed E-state index contributed by atoms with van der Waals surface area (Å²) in [5, 5.41) is 0.119. The van der Waals surface area contributed by atoms with Crippen LogP contribution in [0.4, 0.5) is 18.9 Å². The molecule has 0 saturated carbocycles. The highest BCUT2D eigenvalue weighted by atomic mass is 35.5. The lowest BCUT2D eigenvalue weighted by Crippen LogP contribution is -2.26. The van der Waals surface area contributed by atoms with E-state index in [0.29, 0.717) is 12.2 Å². The molecule has 2 nitrogen and oxygen atoms in total. The largest absolute Gasteiger partial charge is 0.416 e. The fourth-order valence-electron chi connectivity index (χ4n) is 1.95. The third-order valence-corrected chi connectivity index (χ3v) is 3.14. The van der Waals surface area contributed by atoms with E-state index >= 15 is 0 Å². The normalized spacial score (nSPS) is 21.0. The van der Waals surface area contributed by atoms with Crippen molar-refractivity contribution in [3.05, 3.63) is 28.8 Å². The zero-order valence-electron chi connectivity index (χ0n) is 8.97. The van der Waals surface area contributed by atoms with Gasteiger partial charge in [-0.2, -0.15) is 13.2 Å². The molecule has 0 bridgehead atoms. The molecule has 2 rings (SSSR count). The average molecular weight is 265 g/mol. The van der Waals surface area contributed by atoms with Gasteiger partial charge in [-0.15, -0.1) is 0 Å². The fourth-order valence-corrected chi connectivity index (χ4v) is 2.25. The van der Waals surface area contributed by atoms with Crippen molar-refractivity contribution in [1.82, 2.24) is 0 Å². The van der Waals surface area contributed by atoms with Gasteiger partial charge in [0.2, 0.25) is 0 Å². The van der Waals surface area contributed by atoms with Crippen LogP contribution in [0.25, 0.3) is 0 Å². The summed E-state index contributed by atoms with van der Waals surface area (Å²) in [7, 11) is 0. The van der Waals surface area contributed by atoms with Gasteiger partial charge in [0.05, 0.1) is 16.3 Å². The van der Waals surface area contributed by atoms with Crippen molar-refractivity contribution in [1.29, 1.82) is 0 Å². The number of halogens is 4. The number of anilines is 1. The minimum absolute atomic E-state index is 0.0633. The molecule has 0 aliphatic carbocycles. The van der Waals surface area contributed by atoms with E-state index in [1.165, 1.54) is 6.07 Å². The smallest absolute Gasteiger partial charge is 0.369 e. The van der Waals surface area contributed by atoms with E-state index in [9.17, 15) is 13.2 Å². The van der Waals surface area contributed by atoms with Crippen molar-refractivity contribution in [3.63, 3.8) is 0 Å². The number of hydrogen-bond acceptors (Lipinski definition) is 2. The molecule has 0 amide bonds. The van der Waals surface area contributed by atoms with Gasteiger partial charge in [0.25, 0.3) is 0 Å². The number of benzene rings is 1. The van der Waals surface area contributed by atoms with Crippen LogP contribution in [0.2, 0.25) is 5.02 Å². The van der Waals surface area contributed by atoms with Crippen LogP contribution in [0.5, 0.6) is 0 Å². The zero-order chi connectivity index (χ0) is 12.6. The monoisotopic (exact) mass is 264 g/mol. The first-order valence-corrected chi connectivity index (χ1v) is 5.63. The van der Waals surface area contributed by atoms with Gasteiger partial charge in [-0.1, -0.05) is 11.6 Å². The molecule has 0 spiro atoms. The van der Waals surface area contributed by atoms with Crippen LogP contribution >= 0.6 is 11.6 Å². The second-order valence-electron chi connectivity index (χ2n) is 4.16. The molecule has 0 aromatic heterocycles. The predicted octanol–water partition coefficient (Wildman–Crippen LogP) is 2.90. The molecule has 1 fully saturated rings. The Morgan fingerprint density at radius 2 is 2.06 bits per heavy atom. The van der Waals surface area contributed by atoms with Crippen molar-refractivity contribution in [2.45, 2.75) is 18.6 Å². The maximum atomic E-state index is 12.4. The molecule has 1 unspecified atom stereocenters. The summed E-state index contributed by atoms with van der Waals surface area (Å²) < 4.78 is 37.3. The predicted molar refractivity (Wildman–Crippen MR) is 61.3 cm³/mol. The quantitative estimate of drug-likeness (QED) is 0.845. The van der Waals surface area contributed by atoms with E-state index in [2.05, 4.69) is 0 Å². The number of rotatable bonds is 1. The first kappa shape index (κ1) is 12.5. The molecular weight excluding hydrogens is 253 g/mol. The van der Waals surface area contributed by atoms with Crippen LogP contribution in [-0.4, -0.2) is 19.1 Å². The minimum atomic E-state index is -4.36. The summed E-state index contributed by atoms with van der Waals surface area (Å²) >= 11 is 5.88. The Morgan fingerprint density at radius 3 is 2.53 bits per heavy atom. The summed E-state index contributed by atoms with van der Waals surface area (Å²) in [5.41, 5.74) is 5.64. The van der Waals surface area contributed by atoms with Crippen LogP contribution in [0.15, 0.2) is 18.2 Å². The van der Waals surface area contributed by atoms with Crippen molar-refractivity contribution in [2.24, 2.45) is 5.73 Å².